The van der Waals surface area contributed by atoms with Crippen molar-refractivity contribution >= 4 is 12.4 Å². The molecule has 0 aromatic carbocycles. The van der Waals surface area contributed by atoms with Crippen LogP contribution in [0.4, 0.5) is 0 Å². The Hall–Kier alpha value is -1.32. The smallest absolute Gasteiger partial charge is 0.333 e. The lowest BCUT2D eigenvalue weighted by Gasteiger charge is -2.13. The predicted octanol–water partition coefficient (Wildman–Crippen LogP) is 1.01. The van der Waals surface area contributed by atoms with E-state index in [1.807, 2.05) is 6.92 Å². The van der Waals surface area contributed by atoms with Gasteiger partial charge in [-0.05, 0) is 6.42 Å². The van der Waals surface area contributed by atoms with E-state index in [0.29, 0.717) is 6.42 Å². The number of hydrogen-bond acceptors (Lipinski definition) is 4. The van der Waals surface area contributed by atoms with Crippen LogP contribution in [-0.4, -0.2) is 18.7 Å². The number of rotatable bonds is 6. The van der Waals surface area contributed by atoms with Crippen LogP contribution in [0.25, 0.3) is 0 Å². The molecule has 0 bridgehead atoms. The van der Waals surface area contributed by atoms with Crippen LogP contribution in [0.3, 0.4) is 0 Å². The van der Waals surface area contributed by atoms with Gasteiger partial charge in [-0.1, -0.05) is 13.5 Å². The van der Waals surface area contributed by atoms with E-state index in [2.05, 4.69) is 16.1 Å². The Labute approximate surface area is 71.2 Å². The molecule has 0 saturated heterocycles. The molecule has 1 atom stereocenters. The van der Waals surface area contributed by atoms with Gasteiger partial charge in [-0.3, -0.25) is 4.79 Å². The van der Waals surface area contributed by atoms with Gasteiger partial charge in [0.25, 0.3) is 6.47 Å². The quantitative estimate of drug-likeness (QED) is 0.260. The van der Waals surface area contributed by atoms with E-state index in [0.717, 1.165) is 12.5 Å². The first-order valence-corrected chi connectivity index (χ1v) is 3.66. The van der Waals surface area contributed by atoms with Gasteiger partial charge in [-0.2, -0.15) is 0 Å². The van der Waals surface area contributed by atoms with Crippen molar-refractivity contribution in [2.45, 2.75) is 26.1 Å². The molecule has 0 radical (unpaired) electrons. The molecule has 0 aliphatic rings. The van der Waals surface area contributed by atoms with Gasteiger partial charge in [-0.25, -0.2) is 4.79 Å². The summed E-state index contributed by atoms with van der Waals surface area (Å²) >= 11 is 0. The summed E-state index contributed by atoms with van der Waals surface area (Å²) in [5.74, 6) is -0.588. The molecule has 0 aliphatic carbocycles. The second-order valence-corrected chi connectivity index (χ2v) is 2.09. The van der Waals surface area contributed by atoms with Crippen molar-refractivity contribution in [3.63, 3.8) is 0 Å². The molecule has 4 nitrogen and oxygen atoms in total. The van der Waals surface area contributed by atoms with Crippen LogP contribution in [0.1, 0.15) is 19.8 Å². The van der Waals surface area contributed by atoms with Crippen LogP contribution < -0.4 is 0 Å². The lowest BCUT2D eigenvalue weighted by atomic mass is 10.3. The minimum absolute atomic E-state index is 0.261. The zero-order chi connectivity index (χ0) is 9.40. The Morgan fingerprint density at radius 3 is 2.75 bits per heavy atom. The van der Waals surface area contributed by atoms with Gasteiger partial charge < -0.3 is 9.47 Å². The van der Waals surface area contributed by atoms with E-state index in [4.69, 9.17) is 0 Å². The van der Waals surface area contributed by atoms with Crippen LogP contribution in [0.15, 0.2) is 12.7 Å². The normalized spacial score (nSPS) is 11.4. The summed E-state index contributed by atoms with van der Waals surface area (Å²) in [7, 11) is 0. The number of carbonyl (C=O) groups is 2. The van der Waals surface area contributed by atoms with E-state index in [1.54, 1.807) is 0 Å². The van der Waals surface area contributed by atoms with Crippen LogP contribution in [-0.2, 0) is 19.1 Å². The lowest BCUT2D eigenvalue weighted by molar-refractivity contribution is -0.176. The first kappa shape index (κ1) is 10.7. The first-order valence-electron chi connectivity index (χ1n) is 3.66. The Morgan fingerprint density at radius 2 is 2.33 bits per heavy atom. The minimum atomic E-state index is -0.780. The summed E-state index contributed by atoms with van der Waals surface area (Å²) in [6, 6.07) is 0. The van der Waals surface area contributed by atoms with Gasteiger partial charge >= 0.3 is 5.97 Å². The van der Waals surface area contributed by atoms with Crippen LogP contribution in [0.2, 0.25) is 0 Å². The van der Waals surface area contributed by atoms with Crippen molar-refractivity contribution in [3.05, 3.63) is 12.7 Å². The lowest BCUT2D eigenvalue weighted by Crippen LogP contribution is -2.19. The maximum Gasteiger partial charge on any atom is 0.333 e. The van der Waals surface area contributed by atoms with Gasteiger partial charge in [0.15, 0.2) is 0 Å². The summed E-state index contributed by atoms with van der Waals surface area (Å²) in [5, 5.41) is 0. The number of hydrogen-bond donors (Lipinski definition) is 0. The van der Waals surface area contributed by atoms with Crippen LogP contribution >= 0.6 is 0 Å². The fourth-order valence-electron chi connectivity index (χ4n) is 0.630. The molecular weight excluding hydrogens is 160 g/mol. The summed E-state index contributed by atoms with van der Waals surface area (Å²) in [6.07, 6.45) is 1.51. The highest BCUT2D eigenvalue weighted by Crippen LogP contribution is 2.03. The molecular formula is C8H12O4. The first-order chi connectivity index (χ1) is 5.74. The highest BCUT2D eigenvalue weighted by molar-refractivity contribution is 5.81. The highest BCUT2D eigenvalue weighted by Gasteiger charge is 2.10. The molecule has 0 aromatic rings. The largest absolute Gasteiger partial charge is 0.427 e. The molecule has 0 heterocycles. The third-order valence-electron chi connectivity index (χ3n) is 1.15. The minimum Gasteiger partial charge on any atom is -0.427 e. The fourth-order valence-corrected chi connectivity index (χ4v) is 0.630. The Morgan fingerprint density at radius 1 is 1.67 bits per heavy atom. The monoisotopic (exact) mass is 172 g/mol. The fraction of sp³-hybridized carbons (Fsp3) is 0.500. The van der Waals surface area contributed by atoms with Crippen molar-refractivity contribution < 1.29 is 19.1 Å². The van der Waals surface area contributed by atoms with E-state index in [9.17, 15) is 9.59 Å². The van der Waals surface area contributed by atoms with E-state index >= 15 is 0 Å². The summed E-state index contributed by atoms with van der Waals surface area (Å²) in [4.78, 5) is 20.6. The molecule has 0 amide bonds. The zero-order valence-corrected chi connectivity index (χ0v) is 6.99. The topological polar surface area (TPSA) is 52.6 Å². The Kier molecular flexibility index (Phi) is 5.69. The molecule has 0 spiro atoms. The van der Waals surface area contributed by atoms with E-state index in [1.165, 1.54) is 0 Å². The molecule has 12 heavy (non-hydrogen) atoms. The highest BCUT2D eigenvalue weighted by atomic mass is 16.7. The van der Waals surface area contributed by atoms with Gasteiger partial charge in [0.05, 0.1) is 0 Å². The maximum atomic E-state index is 10.6. The van der Waals surface area contributed by atoms with Crippen molar-refractivity contribution in [1.82, 2.24) is 0 Å². The molecule has 1 unspecified atom stereocenters. The zero-order valence-electron chi connectivity index (χ0n) is 6.99. The molecule has 0 aromatic heterocycles. The van der Waals surface area contributed by atoms with E-state index in [-0.39, 0.29) is 6.47 Å². The van der Waals surface area contributed by atoms with Gasteiger partial charge in [0.1, 0.15) is 0 Å². The number of carbonyl (C=O) groups excluding carboxylic acids is 2. The molecule has 0 rings (SSSR count). The summed E-state index contributed by atoms with van der Waals surface area (Å²) < 4.78 is 9.15. The molecule has 0 N–H and O–H groups in total. The van der Waals surface area contributed by atoms with Gasteiger partial charge in [-0.15, -0.1) is 0 Å². The second-order valence-electron chi connectivity index (χ2n) is 2.09. The SMILES string of the molecule is C=CC(=O)OC(CCC)OC=O. The Balaban J connectivity index is 3.83. The molecule has 68 valence electrons. The maximum absolute atomic E-state index is 10.6. The average molecular weight is 172 g/mol. The third kappa shape index (κ3) is 4.49. The van der Waals surface area contributed by atoms with Crippen LogP contribution in [0.5, 0.6) is 0 Å². The average Bonchev–Trinajstić information content (AvgIpc) is 2.05. The van der Waals surface area contributed by atoms with Crippen molar-refractivity contribution in [1.29, 1.82) is 0 Å². The Bertz CT molecular complexity index is 164. The van der Waals surface area contributed by atoms with E-state index < -0.39 is 12.3 Å². The van der Waals surface area contributed by atoms with Gasteiger partial charge in [0.2, 0.25) is 6.29 Å². The second kappa shape index (κ2) is 6.39. The third-order valence-corrected chi connectivity index (χ3v) is 1.15. The summed E-state index contributed by atoms with van der Waals surface area (Å²) in [6.45, 7) is 5.37. The van der Waals surface area contributed by atoms with Gasteiger partial charge in [0, 0.05) is 12.5 Å². The number of esters is 1. The van der Waals surface area contributed by atoms with Crippen molar-refractivity contribution in [2.24, 2.45) is 0 Å². The predicted molar refractivity (Wildman–Crippen MR) is 42.1 cm³/mol. The molecule has 0 aliphatic heterocycles. The summed E-state index contributed by atoms with van der Waals surface area (Å²) in [5.41, 5.74) is 0. The van der Waals surface area contributed by atoms with Crippen molar-refractivity contribution in [2.75, 3.05) is 0 Å². The molecule has 4 heteroatoms. The molecule has 0 fully saturated rings. The number of ether oxygens (including phenoxy) is 2. The van der Waals surface area contributed by atoms with Crippen molar-refractivity contribution in [3.8, 4) is 0 Å². The standard InChI is InChI=1S/C8H12O4/c1-3-5-8(11-6-9)12-7(10)4-2/h4,6,8H,2-3,5H2,1H3. The molecule has 0 saturated carbocycles. The van der Waals surface area contributed by atoms with Crippen LogP contribution in [0, 0.1) is 0 Å².